The number of fused-ring (bicyclic) bond motifs is 1. The average Bonchev–Trinajstić information content (AvgIpc) is 3.39. The number of thioether (sulfide) groups is 1. The van der Waals surface area contributed by atoms with E-state index in [4.69, 9.17) is 14.2 Å². The van der Waals surface area contributed by atoms with E-state index in [0.29, 0.717) is 25.0 Å². The number of hydrogen-bond donors (Lipinski definition) is 0. The molecule has 0 N–H and O–H groups in total. The van der Waals surface area contributed by atoms with Crippen molar-refractivity contribution in [3.8, 4) is 21.9 Å². The van der Waals surface area contributed by atoms with Crippen LogP contribution in [-0.2, 0) is 24.4 Å². The van der Waals surface area contributed by atoms with Crippen molar-refractivity contribution < 1.29 is 19.0 Å². The molecule has 3 aromatic carbocycles. The summed E-state index contributed by atoms with van der Waals surface area (Å²) in [6.07, 6.45) is 2.77. The third kappa shape index (κ3) is 6.96. The van der Waals surface area contributed by atoms with Crippen LogP contribution in [0.4, 0.5) is 4.79 Å². The highest BCUT2D eigenvalue weighted by molar-refractivity contribution is 7.98. The Morgan fingerprint density at radius 3 is 2.40 bits per heavy atom. The van der Waals surface area contributed by atoms with E-state index in [9.17, 15) is 9.59 Å². The molecule has 7 nitrogen and oxygen atoms in total. The number of thiophene rings is 1. The Labute approximate surface area is 259 Å². The van der Waals surface area contributed by atoms with Gasteiger partial charge in [-0.3, -0.25) is 9.69 Å². The molecule has 2 aromatic heterocycles. The molecular weight excluding hydrogens is 581 g/mol. The van der Waals surface area contributed by atoms with E-state index in [2.05, 4.69) is 29.2 Å². The second kappa shape index (κ2) is 13.9. The Kier molecular flexibility index (Phi) is 9.86. The Morgan fingerprint density at radius 1 is 0.977 bits per heavy atom. The molecule has 0 aliphatic heterocycles. The molecule has 0 amide bonds. The lowest BCUT2D eigenvalue weighted by atomic mass is 10.1. The first-order chi connectivity index (χ1) is 20.9. The molecule has 9 heteroatoms. The minimum absolute atomic E-state index is 0.0568. The van der Waals surface area contributed by atoms with Crippen LogP contribution >= 0.6 is 23.1 Å². The van der Waals surface area contributed by atoms with E-state index in [0.717, 1.165) is 37.0 Å². The Hall–Kier alpha value is -4.05. The second-order valence-corrected chi connectivity index (χ2v) is 11.9. The van der Waals surface area contributed by atoms with Crippen molar-refractivity contribution in [3.05, 3.63) is 112 Å². The first-order valence-electron chi connectivity index (χ1n) is 13.9. The normalized spacial score (nSPS) is 11.2. The summed E-state index contributed by atoms with van der Waals surface area (Å²) in [5.41, 5.74) is 3.80. The molecule has 5 rings (SSSR count). The summed E-state index contributed by atoms with van der Waals surface area (Å²) >= 11 is 3.23. The van der Waals surface area contributed by atoms with Gasteiger partial charge in [0.05, 0.1) is 25.3 Å². The van der Waals surface area contributed by atoms with Gasteiger partial charge in [0.25, 0.3) is 0 Å². The van der Waals surface area contributed by atoms with Crippen LogP contribution in [0.5, 0.6) is 11.5 Å². The van der Waals surface area contributed by atoms with Crippen LogP contribution < -0.4 is 14.9 Å². The fourth-order valence-electron chi connectivity index (χ4n) is 5.06. The summed E-state index contributed by atoms with van der Waals surface area (Å²) in [7, 11) is 3.68. The third-order valence-electron chi connectivity index (χ3n) is 7.04. The van der Waals surface area contributed by atoms with E-state index >= 15 is 0 Å². The molecule has 0 aliphatic rings. The highest BCUT2D eigenvalue weighted by Crippen LogP contribution is 2.40. The fraction of sp³-hybridized carbons (Fsp3) is 0.235. The molecule has 2 heterocycles. The molecule has 0 saturated heterocycles. The summed E-state index contributed by atoms with van der Waals surface area (Å²) in [5.74, 6) is 0.699. The SMILES string of the molecule is CCOC(=O)Oc1cn(Cc2ccccc2SC)c2sc(-c3ccc(OC)cc3)c(CN(C)Cc3ccccc3)c2c1=O. The van der Waals surface area contributed by atoms with Crippen molar-refractivity contribution in [1.82, 2.24) is 9.47 Å². The van der Waals surface area contributed by atoms with Gasteiger partial charge in [0, 0.05) is 29.4 Å². The smallest absolute Gasteiger partial charge is 0.497 e. The summed E-state index contributed by atoms with van der Waals surface area (Å²) < 4.78 is 18.0. The van der Waals surface area contributed by atoms with Gasteiger partial charge in [0.1, 0.15) is 10.6 Å². The van der Waals surface area contributed by atoms with Crippen molar-refractivity contribution in [2.75, 3.05) is 27.0 Å². The zero-order valence-corrected chi connectivity index (χ0v) is 26.3. The first kappa shape index (κ1) is 30.4. The topological polar surface area (TPSA) is 70.0 Å². The summed E-state index contributed by atoms with van der Waals surface area (Å²) in [6, 6.07) is 26.3. The largest absolute Gasteiger partial charge is 0.514 e. The predicted octanol–water partition coefficient (Wildman–Crippen LogP) is 7.68. The van der Waals surface area contributed by atoms with Gasteiger partial charge in [-0.15, -0.1) is 23.1 Å². The molecule has 43 heavy (non-hydrogen) atoms. The van der Waals surface area contributed by atoms with Crippen LogP contribution in [0.15, 0.2) is 94.7 Å². The maximum absolute atomic E-state index is 14.1. The standard InChI is InChI=1S/C34H34N2O5S2/c1-5-40-34(38)41-28-22-36(20-25-13-9-10-14-29(25)42-4)33-30(31(28)37)27(21-35(2)19-23-11-7-6-8-12-23)32(43-33)24-15-17-26(39-3)18-16-24/h6-18,22H,5,19-21H2,1-4H3. The van der Waals surface area contributed by atoms with Gasteiger partial charge >= 0.3 is 6.16 Å². The van der Waals surface area contributed by atoms with E-state index in [1.807, 2.05) is 72.5 Å². The highest BCUT2D eigenvalue weighted by atomic mass is 32.2. The minimum Gasteiger partial charge on any atom is -0.497 e. The van der Waals surface area contributed by atoms with Gasteiger partial charge in [0.2, 0.25) is 5.43 Å². The summed E-state index contributed by atoms with van der Waals surface area (Å²) in [5, 5.41) is 0.541. The molecule has 0 atom stereocenters. The zero-order chi connectivity index (χ0) is 30.3. The van der Waals surface area contributed by atoms with Gasteiger partial charge in [-0.2, -0.15) is 0 Å². The Bertz CT molecular complexity index is 1760. The number of rotatable bonds is 11. The van der Waals surface area contributed by atoms with Crippen LogP contribution in [0, 0.1) is 0 Å². The molecule has 0 aliphatic carbocycles. The molecule has 0 unspecified atom stereocenters. The first-order valence-corrected chi connectivity index (χ1v) is 16.0. The number of benzene rings is 3. The molecule has 0 spiro atoms. The quantitative estimate of drug-likeness (QED) is 0.112. The predicted molar refractivity (Wildman–Crippen MR) is 175 cm³/mol. The fourth-order valence-corrected chi connectivity index (χ4v) is 6.96. The monoisotopic (exact) mass is 614 g/mol. The van der Waals surface area contributed by atoms with Crippen molar-refractivity contribution in [2.45, 2.75) is 31.5 Å². The van der Waals surface area contributed by atoms with Gasteiger partial charge in [-0.25, -0.2) is 4.79 Å². The molecule has 222 valence electrons. The van der Waals surface area contributed by atoms with Crippen molar-refractivity contribution in [1.29, 1.82) is 0 Å². The van der Waals surface area contributed by atoms with E-state index in [1.54, 1.807) is 43.3 Å². The third-order valence-corrected chi connectivity index (χ3v) is 9.19. The number of ether oxygens (including phenoxy) is 3. The van der Waals surface area contributed by atoms with E-state index in [-0.39, 0.29) is 17.8 Å². The van der Waals surface area contributed by atoms with Crippen molar-refractivity contribution in [2.24, 2.45) is 0 Å². The summed E-state index contributed by atoms with van der Waals surface area (Å²) in [4.78, 5) is 31.6. The van der Waals surface area contributed by atoms with Crippen molar-refractivity contribution >= 4 is 39.5 Å². The number of hydrogen-bond acceptors (Lipinski definition) is 8. The van der Waals surface area contributed by atoms with Gasteiger partial charge in [-0.1, -0.05) is 48.5 Å². The molecule has 0 fully saturated rings. The number of methoxy groups -OCH3 is 1. The lowest BCUT2D eigenvalue weighted by Crippen LogP contribution is -2.21. The number of nitrogens with zero attached hydrogens (tertiary/aromatic N) is 2. The molecular formula is C34H34N2O5S2. The van der Waals surface area contributed by atoms with Gasteiger partial charge < -0.3 is 18.8 Å². The molecule has 0 radical (unpaired) electrons. The Morgan fingerprint density at radius 2 is 1.70 bits per heavy atom. The number of carbonyl (C=O) groups is 1. The van der Waals surface area contributed by atoms with Gasteiger partial charge in [-0.05, 0) is 72.8 Å². The van der Waals surface area contributed by atoms with Crippen LogP contribution in [0.3, 0.4) is 0 Å². The Balaban J connectivity index is 1.71. The van der Waals surface area contributed by atoms with E-state index < -0.39 is 6.16 Å². The van der Waals surface area contributed by atoms with Crippen LogP contribution in [0.25, 0.3) is 20.7 Å². The van der Waals surface area contributed by atoms with Crippen molar-refractivity contribution in [3.63, 3.8) is 0 Å². The summed E-state index contributed by atoms with van der Waals surface area (Å²) in [6.45, 7) is 3.55. The average molecular weight is 615 g/mol. The maximum Gasteiger partial charge on any atom is 0.514 e. The lowest BCUT2D eigenvalue weighted by molar-refractivity contribution is 0.104. The molecule has 5 aromatic rings. The van der Waals surface area contributed by atoms with Crippen LogP contribution in [0.1, 0.15) is 23.6 Å². The zero-order valence-electron chi connectivity index (χ0n) is 24.7. The number of carbonyl (C=O) groups excluding carboxylic acids is 1. The lowest BCUT2D eigenvalue weighted by Gasteiger charge is -2.18. The minimum atomic E-state index is -0.900. The molecule has 0 saturated carbocycles. The van der Waals surface area contributed by atoms with Crippen LogP contribution in [0.2, 0.25) is 0 Å². The second-order valence-electron chi connectivity index (χ2n) is 10.0. The highest BCUT2D eigenvalue weighted by Gasteiger charge is 2.24. The van der Waals surface area contributed by atoms with Crippen LogP contribution in [-0.4, -0.2) is 42.6 Å². The maximum atomic E-state index is 14.1. The number of aromatic nitrogens is 1. The van der Waals surface area contributed by atoms with E-state index in [1.165, 1.54) is 5.56 Å². The van der Waals surface area contributed by atoms with Gasteiger partial charge in [0.15, 0.2) is 5.75 Å². The number of pyridine rings is 1. The molecule has 0 bridgehead atoms.